The van der Waals surface area contributed by atoms with Gasteiger partial charge in [-0.1, -0.05) is 0 Å². The predicted octanol–water partition coefficient (Wildman–Crippen LogP) is -0.861. The lowest BCUT2D eigenvalue weighted by Gasteiger charge is -2.51. The van der Waals surface area contributed by atoms with Gasteiger partial charge in [-0.25, -0.2) is 26.5 Å². The molecule has 1 spiro atoms. The third-order valence-electron chi connectivity index (χ3n) is 4.48. The molecule has 3 heterocycles. The summed E-state index contributed by atoms with van der Waals surface area (Å²) >= 11 is 0. The largest absolute Gasteiger partial charge is 0.372 e. The van der Waals surface area contributed by atoms with Gasteiger partial charge >= 0.3 is 0 Å². The van der Waals surface area contributed by atoms with E-state index in [2.05, 4.69) is 9.71 Å². The molecule has 0 aliphatic carbocycles. The van der Waals surface area contributed by atoms with Crippen LogP contribution >= 0.6 is 0 Å². The Morgan fingerprint density at radius 3 is 2.58 bits per heavy atom. The van der Waals surface area contributed by atoms with Gasteiger partial charge in [-0.2, -0.15) is 4.31 Å². The zero-order valence-corrected chi connectivity index (χ0v) is 15.3. The molecule has 1 aromatic rings. The van der Waals surface area contributed by atoms with Crippen LogP contribution in [0.5, 0.6) is 0 Å². The minimum absolute atomic E-state index is 0.0471. The molecule has 3 rings (SSSR count). The van der Waals surface area contributed by atoms with E-state index in [1.165, 1.54) is 16.8 Å². The number of nitrogens with one attached hydrogen (secondary N) is 1. The van der Waals surface area contributed by atoms with E-state index in [4.69, 9.17) is 4.74 Å². The minimum Gasteiger partial charge on any atom is -0.372 e. The van der Waals surface area contributed by atoms with E-state index >= 15 is 0 Å². The van der Waals surface area contributed by atoms with E-state index in [1.807, 2.05) is 0 Å². The Hall–Kier alpha value is -1.01. The summed E-state index contributed by atoms with van der Waals surface area (Å²) in [5.74, 6) is 0.117. The monoisotopic (exact) mass is 378 g/mol. The first-order valence-corrected chi connectivity index (χ1v) is 11.0. The Morgan fingerprint density at radius 1 is 1.38 bits per heavy atom. The lowest BCUT2D eigenvalue weighted by atomic mass is 9.84. The van der Waals surface area contributed by atoms with Crippen molar-refractivity contribution in [3.8, 4) is 0 Å². The van der Waals surface area contributed by atoms with Gasteiger partial charge in [-0.15, -0.1) is 0 Å². The zero-order chi connectivity index (χ0) is 17.6. The molecular formula is C13H22N4O5S2. The molecule has 1 atom stereocenters. The van der Waals surface area contributed by atoms with E-state index in [1.54, 1.807) is 11.6 Å². The first-order chi connectivity index (χ1) is 11.1. The van der Waals surface area contributed by atoms with Crippen LogP contribution in [0.1, 0.15) is 12.8 Å². The van der Waals surface area contributed by atoms with Gasteiger partial charge in [0.25, 0.3) is 10.0 Å². The molecule has 24 heavy (non-hydrogen) atoms. The van der Waals surface area contributed by atoms with Crippen molar-refractivity contribution in [1.82, 2.24) is 18.6 Å². The maximum absolute atomic E-state index is 12.4. The van der Waals surface area contributed by atoms with Crippen molar-refractivity contribution in [1.29, 1.82) is 0 Å². The van der Waals surface area contributed by atoms with Crippen LogP contribution in [0.2, 0.25) is 0 Å². The van der Waals surface area contributed by atoms with Crippen LogP contribution in [-0.4, -0.2) is 68.8 Å². The van der Waals surface area contributed by atoms with Crippen LogP contribution in [0.25, 0.3) is 0 Å². The second-order valence-corrected chi connectivity index (χ2v) is 10.4. The Balaban J connectivity index is 1.54. The number of rotatable bonds is 5. The van der Waals surface area contributed by atoms with Crippen molar-refractivity contribution in [2.24, 2.45) is 13.0 Å². The van der Waals surface area contributed by atoms with Crippen molar-refractivity contribution < 1.29 is 21.6 Å². The maximum atomic E-state index is 12.4. The van der Waals surface area contributed by atoms with Gasteiger partial charge in [-0.3, -0.25) is 0 Å². The number of sulfonamides is 2. The van der Waals surface area contributed by atoms with Crippen LogP contribution in [0.3, 0.4) is 0 Å². The molecule has 2 aliphatic rings. The summed E-state index contributed by atoms with van der Waals surface area (Å²) in [5, 5.41) is 0.0471. The predicted molar refractivity (Wildman–Crippen MR) is 86.2 cm³/mol. The van der Waals surface area contributed by atoms with Crippen molar-refractivity contribution in [2.75, 3.05) is 32.5 Å². The van der Waals surface area contributed by atoms with Crippen molar-refractivity contribution in [2.45, 2.75) is 23.5 Å². The van der Waals surface area contributed by atoms with Gasteiger partial charge in [0.15, 0.2) is 5.03 Å². The summed E-state index contributed by atoms with van der Waals surface area (Å²) in [6.45, 7) is 1.42. The summed E-state index contributed by atoms with van der Waals surface area (Å²) < 4.78 is 58.5. The quantitative estimate of drug-likeness (QED) is 0.714. The van der Waals surface area contributed by atoms with Crippen molar-refractivity contribution in [3.05, 3.63) is 12.5 Å². The normalized spacial score (nSPS) is 24.8. The number of imidazole rings is 1. The average Bonchev–Trinajstić information content (AvgIpc) is 2.90. The Morgan fingerprint density at radius 2 is 2.08 bits per heavy atom. The van der Waals surface area contributed by atoms with E-state index in [0.717, 1.165) is 19.1 Å². The number of aryl methyl sites for hydroxylation is 1. The summed E-state index contributed by atoms with van der Waals surface area (Å²) in [7, 11) is -5.05. The lowest BCUT2D eigenvalue weighted by Crippen LogP contribution is -2.66. The fourth-order valence-electron chi connectivity index (χ4n) is 3.02. The van der Waals surface area contributed by atoms with Crippen LogP contribution in [0, 0.1) is 5.92 Å². The molecule has 1 unspecified atom stereocenters. The van der Waals surface area contributed by atoms with Crippen LogP contribution < -0.4 is 4.72 Å². The fourth-order valence-corrected chi connectivity index (χ4v) is 5.11. The van der Waals surface area contributed by atoms with Gasteiger partial charge in [0.2, 0.25) is 10.0 Å². The summed E-state index contributed by atoms with van der Waals surface area (Å²) in [6, 6.07) is 0. The second kappa shape index (κ2) is 6.06. The van der Waals surface area contributed by atoms with Gasteiger partial charge in [0.1, 0.15) is 0 Å². The SMILES string of the molecule is Cn1cnc(S(=O)(=O)N2CC3(CCC(CNS(C)(=O)=O)CO3)C2)c1. The lowest BCUT2D eigenvalue weighted by molar-refractivity contribution is -0.156. The third-order valence-corrected chi connectivity index (χ3v) is 6.85. The standard InChI is InChI=1S/C13H22N4O5S2/c1-16-6-12(14-10-16)24(20,21)17-8-13(9-17)4-3-11(7-22-13)5-15-23(2,18)19/h6,10-11,15H,3-5,7-9H2,1-2H3. The molecule has 2 fully saturated rings. The van der Waals surface area contributed by atoms with Crippen molar-refractivity contribution in [3.63, 3.8) is 0 Å². The molecular weight excluding hydrogens is 356 g/mol. The average molecular weight is 378 g/mol. The second-order valence-electron chi connectivity index (χ2n) is 6.67. The highest BCUT2D eigenvalue weighted by molar-refractivity contribution is 7.89. The number of hydrogen-bond donors (Lipinski definition) is 1. The molecule has 0 saturated carbocycles. The fraction of sp³-hybridized carbons (Fsp3) is 0.769. The highest BCUT2D eigenvalue weighted by atomic mass is 32.2. The Kier molecular flexibility index (Phi) is 4.49. The van der Waals surface area contributed by atoms with Gasteiger partial charge in [0.05, 0.1) is 24.8 Å². The Bertz CT molecular complexity index is 801. The molecule has 0 aromatic carbocycles. The number of hydrogen-bond acceptors (Lipinski definition) is 6. The highest BCUT2D eigenvalue weighted by Crippen LogP contribution is 2.38. The molecule has 11 heteroatoms. The molecule has 136 valence electrons. The minimum atomic E-state index is -3.57. The third kappa shape index (κ3) is 3.64. The summed E-state index contributed by atoms with van der Waals surface area (Å²) in [4.78, 5) is 3.91. The van der Waals surface area contributed by atoms with Gasteiger partial charge in [-0.05, 0) is 18.8 Å². The molecule has 1 aromatic heterocycles. The number of ether oxygens (including phenoxy) is 1. The summed E-state index contributed by atoms with van der Waals surface area (Å²) in [5.41, 5.74) is -0.441. The highest BCUT2D eigenvalue weighted by Gasteiger charge is 2.51. The van der Waals surface area contributed by atoms with E-state index < -0.39 is 25.6 Å². The topological polar surface area (TPSA) is 111 Å². The Labute approximate surface area is 142 Å². The first-order valence-electron chi connectivity index (χ1n) is 7.66. The van der Waals surface area contributed by atoms with Crippen LogP contribution in [-0.2, 0) is 31.8 Å². The maximum Gasteiger partial charge on any atom is 0.262 e. The smallest absolute Gasteiger partial charge is 0.262 e. The van der Waals surface area contributed by atoms with Crippen LogP contribution in [0.15, 0.2) is 17.6 Å². The van der Waals surface area contributed by atoms with Gasteiger partial charge < -0.3 is 9.30 Å². The zero-order valence-electron chi connectivity index (χ0n) is 13.7. The summed E-state index contributed by atoms with van der Waals surface area (Å²) in [6.07, 6.45) is 5.59. The molecule has 0 bridgehead atoms. The number of aromatic nitrogens is 2. The van der Waals surface area contributed by atoms with Crippen LogP contribution in [0.4, 0.5) is 0 Å². The van der Waals surface area contributed by atoms with E-state index in [0.29, 0.717) is 26.2 Å². The molecule has 0 amide bonds. The molecule has 2 aliphatic heterocycles. The first kappa shape index (κ1) is 17.8. The van der Waals surface area contributed by atoms with E-state index in [9.17, 15) is 16.8 Å². The van der Waals surface area contributed by atoms with Crippen molar-refractivity contribution >= 4 is 20.0 Å². The van der Waals surface area contributed by atoms with E-state index in [-0.39, 0.29) is 10.9 Å². The molecule has 9 nitrogen and oxygen atoms in total. The number of nitrogens with zero attached hydrogens (tertiary/aromatic N) is 3. The molecule has 0 radical (unpaired) electrons. The molecule has 1 N–H and O–H groups in total. The van der Waals surface area contributed by atoms with Gasteiger partial charge in [0, 0.05) is 32.9 Å². The molecule has 2 saturated heterocycles.